The second-order valence-electron chi connectivity index (χ2n) is 5.36. The molecule has 0 aliphatic carbocycles. The van der Waals surface area contributed by atoms with Gasteiger partial charge in [0, 0.05) is 11.6 Å². The standard InChI is InChI=1S/C14H31NO/c1-5-7-8-9-10-13(3)15-14(4,12-16)11-6-2/h13,15-16H,5-12H2,1-4H3. The van der Waals surface area contributed by atoms with Crippen LogP contribution in [0.2, 0.25) is 0 Å². The van der Waals surface area contributed by atoms with Gasteiger partial charge in [0.1, 0.15) is 0 Å². The van der Waals surface area contributed by atoms with Crippen LogP contribution in [0, 0.1) is 0 Å². The van der Waals surface area contributed by atoms with Crippen molar-refractivity contribution >= 4 is 0 Å². The lowest BCUT2D eigenvalue weighted by molar-refractivity contribution is 0.151. The van der Waals surface area contributed by atoms with Crippen molar-refractivity contribution in [1.29, 1.82) is 0 Å². The van der Waals surface area contributed by atoms with Gasteiger partial charge in [-0.25, -0.2) is 0 Å². The molecule has 0 amide bonds. The van der Waals surface area contributed by atoms with Crippen molar-refractivity contribution in [3.05, 3.63) is 0 Å². The van der Waals surface area contributed by atoms with Crippen LogP contribution in [0.3, 0.4) is 0 Å². The first-order chi connectivity index (χ1) is 7.58. The Bertz CT molecular complexity index is 161. The van der Waals surface area contributed by atoms with Crippen LogP contribution in [-0.4, -0.2) is 23.3 Å². The molecule has 0 bridgehead atoms. The van der Waals surface area contributed by atoms with Crippen LogP contribution in [-0.2, 0) is 0 Å². The lowest BCUT2D eigenvalue weighted by Gasteiger charge is -2.32. The Morgan fingerprint density at radius 3 is 2.31 bits per heavy atom. The molecule has 0 aliphatic heterocycles. The Morgan fingerprint density at radius 1 is 1.12 bits per heavy atom. The normalized spacial score (nSPS) is 17.1. The fourth-order valence-electron chi connectivity index (χ4n) is 2.29. The molecule has 0 radical (unpaired) electrons. The molecule has 0 aromatic rings. The lowest BCUT2D eigenvalue weighted by atomic mass is 9.95. The van der Waals surface area contributed by atoms with Crippen molar-refractivity contribution in [2.24, 2.45) is 0 Å². The summed E-state index contributed by atoms with van der Waals surface area (Å²) in [6.45, 7) is 9.00. The highest BCUT2D eigenvalue weighted by Crippen LogP contribution is 2.14. The van der Waals surface area contributed by atoms with E-state index in [2.05, 4.69) is 33.0 Å². The number of hydrogen-bond acceptors (Lipinski definition) is 2. The summed E-state index contributed by atoms with van der Waals surface area (Å²) >= 11 is 0. The van der Waals surface area contributed by atoms with Crippen molar-refractivity contribution in [2.75, 3.05) is 6.61 Å². The summed E-state index contributed by atoms with van der Waals surface area (Å²) in [4.78, 5) is 0. The molecule has 0 saturated carbocycles. The van der Waals surface area contributed by atoms with Gasteiger partial charge in [-0.05, 0) is 26.7 Å². The van der Waals surface area contributed by atoms with Gasteiger partial charge in [0.05, 0.1) is 6.61 Å². The van der Waals surface area contributed by atoms with E-state index in [1.54, 1.807) is 0 Å². The lowest BCUT2D eigenvalue weighted by Crippen LogP contribution is -2.49. The summed E-state index contributed by atoms with van der Waals surface area (Å²) in [7, 11) is 0. The topological polar surface area (TPSA) is 32.3 Å². The second kappa shape index (κ2) is 9.00. The van der Waals surface area contributed by atoms with Gasteiger partial charge in [0.25, 0.3) is 0 Å². The molecule has 0 aliphatic rings. The van der Waals surface area contributed by atoms with E-state index >= 15 is 0 Å². The average molecular weight is 229 g/mol. The summed E-state index contributed by atoms with van der Waals surface area (Å²) in [5, 5.41) is 13.0. The van der Waals surface area contributed by atoms with E-state index in [1.807, 2.05) is 0 Å². The van der Waals surface area contributed by atoms with E-state index in [0.717, 1.165) is 12.8 Å². The SMILES string of the molecule is CCCCCCC(C)NC(C)(CO)CCC. The third-order valence-electron chi connectivity index (χ3n) is 3.24. The average Bonchev–Trinajstić information content (AvgIpc) is 2.25. The first kappa shape index (κ1) is 15.9. The zero-order chi connectivity index (χ0) is 12.4. The first-order valence-electron chi connectivity index (χ1n) is 6.96. The molecule has 2 nitrogen and oxygen atoms in total. The van der Waals surface area contributed by atoms with Crippen molar-refractivity contribution in [1.82, 2.24) is 5.32 Å². The van der Waals surface area contributed by atoms with Crippen LogP contribution in [0.15, 0.2) is 0 Å². The van der Waals surface area contributed by atoms with Gasteiger partial charge in [0.15, 0.2) is 0 Å². The van der Waals surface area contributed by atoms with Crippen molar-refractivity contribution < 1.29 is 5.11 Å². The Labute approximate surface area is 102 Å². The highest BCUT2D eigenvalue weighted by molar-refractivity contribution is 4.84. The van der Waals surface area contributed by atoms with Crippen LogP contribution >= 0.6 is 0 Å². The maximum absolute atomic E-state index is 9.41. The zero-order valence-corrected chi connectivity index (χ0v) is 11.7. The number of rotatable bonds is 10. The van der Waals surface area contributed by atoms with Gasteiger partial charge >= 0.3 is 0 Å². The van der Waals surface area contributed by atoms with Gasteiger partial charge in [-0.1, -0.05) is 46.0 Å². The number of hydrogen-bond donors (Lipinski definition) is 2. The van der Waals surface area contributed by atoms with E-state index in [9.17, 15) is 5.11 Å². The third-order valence-corrected chi connectivity index (χ3v) is 3.24. The molecule has 0 rings (SSSR count). The second-order valence-corrected chi connectivity index (χ2v) is 5.36. The Kier molecular flexibility index (Phi) is 8.96. The van der Waals surface area contributed by atoms with E-state index in [1.165, 1.54) is 32.1 Å². The van der Waals surface area contributed by atoms with E-state index in [-0.39, 0.29) is 12.1 Å². The quantitative estimate of drug-likeness (QED) is 0.562. The number of nitrogens with one attached hydrogen (secondary N) is 1. The van der Waals surface area contributed by atoms with Crippen molar-refractivity contribution in [2.45, 2.75) is 84.2 Å². The summed E-state index contributed by atoms with van der Waals surface area (Å²) in [6, 6.07) is 0.514. The van der Waals surface area contributed by atoms with Crippen molar-refractivity contribution in [3.63, 3.8) is 0 Å². The molecule has 0 aromatic carbocycles. The Hall–Kier alpha value is -0.0800. The van der Waals surface area contributed by atoms with Gasteiger partial charge in [-0.2, -0.15) is 0 Å². The molecular weight excluding hydrogens is 198 g/mol. The van der Waals surface area contributed by atoms with Gasteiger partial charge < -0.3 is 10.4 Å². The fourth-order valence-corrected chi connectivity index (χ4v) is 2.29. The minimum absolute atomic E-state index is 0.0844. The number of aliphatic hydroxyl groups excluding tert-OH is 1. The zero-order valence-electron chi connectivity index (χ0n) is 11.7. The first-order valence-corrected chi connectivity index (χ1v) is 6.96. The van der Waals surface area contributed by atoms with Gasteiger partial charge in [-0.15, -0.1) is 0 Å². The van der Waals surface area contributed by atoms with Crippen LogP contribution in [0.5, 0.6) is 0 Å². The largest absolute Gasteiger partial charge is 0.394 e. The smallest absolute Gasteiger partial charge is 0.0610 e. The fraction of sp³-hybridized carbons (Fsp3) is 1.00. The van der Waals surface area contributed by atoms with Crippen LogP contribution in [0.25, 0.3) is 0 Å². The van der Waals surface area contributed by atoms with E-state index in [0.29, 0.717) is 6.04 Å². The highest BCUT2D eigenvalue weighted by atomic mass is 16.3. The van der Waals surface area contributed by atoms with Gasteiger partial charge in [0.2, 0.25) is 0 Å². The molecule has 16 heavy (non-hydrogen) atoms. The Balaban J connectivity index is 3.77. The molecule has 0 aromatic heterocycles. The van der Waals surface area contributed by atoms with E-state index < -0.39 is 0 Å². The predicted octanol–water partition coefficient (Wildman–Crippen LogP) is 3.49. The molecule has 2 unspecified atom stereocenters. The van der Waals surface area contributed by atoms with Gasteiger partial charge in [-0.3, -0.25) is 0 Å². The molecule has 2 atom stereocenters. The highest BCUT2D eigenvalue weighted by Gasteiger charge is 2.23. The van der Waals surface area contributed by atoms with Crippen LogP contribution < -0.4 is 5.32 Å². The molecule has 0 spiro atoms. The minimum Gasteiger partial charge on any atom is -0.394 e. The summed E-state index contributed by atoms with van der Waals surface area (Å²) < 4.78 is 0. The molecule has 0 heterocycles. The maximum Gasteiger partial charge on any atom is 0.0610 e. The summed E-state index contributed by atoms with van der Waals surface area (Å²) in [5.41, 5.74) is -0.0844. The molecule has 2 N–H and O–H groups in total. The third kappa shape index (κ3) is 7.24. The van der Waals surface area contributed by atoms with Crippen LogP contribution in [0.4, 0.5) is 0 Å². The molecule has 0 fully saturated rings. The molecule has 2 heteroatoms. The summed E-state index contributed by atoms with van der Waals surface area (Å²) in [6.07, 6.45) is 8.67. The number of unbranched alkanes of at least 4 members (excludes halogenated alkanes) is 3. The van der Waals surface area contributed by atoms with Crippen LogP contribution in [0.1, 0.15) is 72.6 Å². The summed E-state index contributed by atoms with van der Waals surface area (Å²) in [5.74, 6) is 0. The maximum atomic E-state index is 9.41. The van der Waals surface area contributed by atoms with E-state index in [4.69, 9.17) is 0 Å². The predicted molar refractivity (Wildman–Crippen MR) is 71.8 cm³/mol. The Morgan fingerprint density at radius 2 is 1.81 bits per heavy atom. The molecule has 98 valence electrons. The monoisotopic (exact) mass is 229 g/mol. The van der Waals surface area contributed by atoms with Crippen molar-refractivity contribution in [3.8, 4) is 0 Å². The number of aliphatic hydroxyl groups is 1. The minimum atomic E-state index is -0.0844. The molecular formula is C14H31NO. The molecule has 0 saturated heterocycles.